The molecule has 0 aliphatic rings. The number of rotatable bonds is 9. The van der Waals surface area contributed by atoms with E-state index in [2.05, 4.69) is 4.90 Å². The van der Waals surface area contributed by atoms with Crippen LogP contribution in [-0.4, -0.2) is 40.9 Å². The number of hydrogen-bond acceptors (Lipinski definition) is 6. The molecule has 0 saturated carbocycles. The maximum absolute atomic E-state index is 10.8. The van der Waals surface area contributed by atoms with Crippen molar-refractivity contribution < 1.29 is 47.6 Å². The van der Waals surface area contributed by atoms with E-state index in [0.717, 1.165) is 11.1 Å². The number of nitrogens with zero attached hydrogens (tertiary/aromatic N) is 1. The molecule has 1 N–H and O–H groups in total. The summed E-state index contributed by atoms with van der Waals surface area (Å²) in [5.74, 6) is -0.146. The van der Waals surface area contributed by atoms with E-state index in [1.807, 2.05) is 67.6 Å². The molecule has 136 valence electrons. The third-order valence-corrected chi connectivity index (χ3v) is 6.01. The van der Waals surface area contributed by atoms with Crippen LogP contribution in [0.1, 0.15) is 18.1 Å². The first-order valence-electron chi connectivity index (χ1n) is 7.95. The monoisotopic (exact) mass is 403 g/mol. The van der Waals surface area contributed by atoms with Crippen LogP contribution in [0.4, 0.5) is 0 Å². The van der Waals surface area contributed by atoms with Crippen molar-refractivity contribution in [2.75, 3.05) is 5.75 Å². The van der Waals surface area contributed by atoms with Gasteiger partial charge in [-0.1, -0.05) is 60.7 Å². The smallest absolute Gasteiger partial charge is 0.739 e. The SMILES string of the molecule is C[C@@H]([C@@H](O)CSS(=O)(=O)[O-])N(Cc1ccccc1)Cc1ccccc1.[Na+]. The average Bonchev–Trinajstić information content (AvgIpc) is 2.59. The molecule has 0 bridgehead atoms. The first-order chi connectivity index (χ1) is 11.8. The molecule has 2 aromatic rings. The van der Waals surface area contributed by atoms with E-state index < -0.39 is 15.3 Å². The van der Waals surface area contributed by atoms with E-state index >= 15 is 0 Å². The van der Waals surface area contributed by atoms with Gasteiger partial charge in [0.1, 0.15) is 9.15 Å². The normalized spacial score (nSPS) is 13.8. The molecular weight excluding hydrogens is 381 g/mol. The Kier molecular flexibility index (Phi) is 10.4. The van der Waals surface area contributed by atoms with E-state index in [9.17, 15) is 18.1 Å². The second-order valence-corrected chi connectivity index (χ2v) is 9.19. The molecule has 2 aromatic carbocycles. The first kappa shape index (κ1) is 23.7. The summed E-state index contributed by atoms with van der Waals surface area (Å²) in [6.45, 7) is 3.07. The van der Waals surface area contributed by atoms with Crippen molar-refractivity contribution in [2.45, 2.75) is 32.2 Å². The Hall–Kier alpha value is -0.380. The molecule has 0 radical (unpaired) electrons. The molecule has 2 rings (SSSR count). The van der Waals surface area contributed by atoms with E-state index in [-0.39, 0.29) is 52.1 Å². The molecule has 2 atom stereocenters. The van der Waals surface area contributed by atoms with Crippen molar-refractivity contribution >= 4 is 19.9 Å². The summed E-state index contributed by atoms with van der Waals surface area (Å²) in [5.41, 5.74) is 2.20. The largest absolute Gasteiger partial charge is 1.00 e. The molecule has 0 aromatic heterocycles. The van der Waals surface area contributed by atoms with Crippen molar-refractivity contribution in [1.82, 2.24) is 4.90 Å². The molecule has 5 nitrogen and oxygen atoms in total. The van der Waals surface area contributed by atoms with Gasteiger partial charge in [0.25, 0.3) is 0 Å². The Bertz CT molecular complexity index is 703. The van der Waals surface area contributed by atoms with Crippen LogP contribution < -0.4 is 29.6 Å². The Labute approximate surface area is 181 Å². The van der Waals surface area contributed by atoms with Gasteiger partial charge in [0.15, 0.2) is 0 Å². The molecular formula is C18H22NNaO4S2. The maximum Gasteiger partial charge on any atom is 1.00 e. The Morgan fingerprint density at radius 3 is 1.81 bits per heavy atom. The van der Waals surface area contributed by atoms with Crippen LogP contribution in [-0.2, 0) is 22.2 Å². The van der Waals surface area contributed by atoms with E-state index in [1.165, 1.54) is 0 Å². The molecule has 0 unspecified atom stereocenters. The summed E-state index contributed by atoms with van der Waals surface area (Å²) in [4.78, 5) is 2.08. The molecule has 0 aliphatic heterocycles. The van der Waals surface area contributed by atoms with Crippen molar-refractivity contribution in [3.05, 3.63) is 71.8 Å². The van der Waals surface area contributed by atoms with Gasteiger partial charge < -0.3 is 9.66 Å². The van der Waals surface area contributed by atoms with Crippen LogP contribution in [0.15, 0.2) is 60.7 Å². The molecule has 0 heterocycles. The summed E-state index contributed by atoms with van der Waals surface area (Å²) in [6.07, 6.45) is -0.929. The van der Waals surface area contributed by atoms with Crippen LogP contribution >= 0.6 is 10.8 Å². The second kappa shape index (κ2) is 11.5. The summed E-state index contributed by atoms with van der Waals surface area (Å²) in [7, 11) is -4.17. The minimum Gasteiger partial charge on any atom is -0.739 e. The van der Waals surface area contributed by atoms with Crippen LogP contribution in [0.2, 0.25) is 0 Å². The Morgan fingerprint density at radius 2 is 1.42 bits per heavy atom. The average molecular weight is 404 g/mol. The standard InChI is InChI=1S/C18H23NO4S2.Na/c1-15(18(20)14-24-25(21,22)23)19(12-16-8-4-2-5-9-16)13-17-10-6-3-7-11-17;/h2-11,15,18,20H,12-14H2,1H3,(H,21,22,23);/q;+1/p-1/t15-,18-;/m0./s1. The van der Waals surface area contributed by atoms with Gasteiger partial charge in [0, 0.05) is 24.9 Å². The fourth-order valence-corrected chi connectivity index (χ4v) is 4.02. The second-order valence-electron chi connectivity index (χ2n) is 5.88. The zero-order chi connectivity index (χ0) is 18.3. The minimum absolute atomic E-state index is 0. The van der Waals surface area contributed by atoms with Gasteiger partial charge in [-0.15, -0.1) is 0 Å². The van der Waals surface area contributed by atoms with E-state index in [1.54, 1.807) is 0 Å². The van der Waals surface area contributed by atoms with Gasteiger partial charge >= 0.3 is 29.6 Å². The maximum atomic E-state index is 10.8. The Morgan fingerprint density at radius 1 is 1.00 bits per heavy atom. The fraction of sp³-hybridized carbons (Fsp3) is 0.333. The van der Waals surface area contributed by atoms with Crippen molar-refractivity contribution in [2.24, 2.45) is 0 Å². The zero-order valence-corrected chi connectivity index (χ0v) is 18.6. The molecule has 8 heteroatoms. The van der Waals surface area contributed by atoms with Crippen LogP contribution in [0, 0.1) is 0 Å². The number of aliphatic hydroxyl groups excluding tert-OH is 1. The molecule has 0 fully saturated rings. The van der Waals surface area contributed by atoms with Crippen LogP contribution in [0.25, 0.3) is 0 Å². The predicted octanol–water partition coefficient (Wildman–Crippen LogP) is -0.364. The molecule has 0 amide bonds. The number of hydrogen-bond donors (Lipinski definition) is 1. The van der Waals surface area contributed by atoms with Gasteiger partial charge in [-0.2, -0.15) is 0 Å². The molecule has 0 aliphatic carbocycles. The van der Waals surface area contributed by atoms with Gasteiger partial charge in [-0.05, 0) is 28.8 Å². The van der Waals surface area contributed by atoms with Gasteiger partial charge in [0.05, 0.1) is 6.10 Å². The third kappa shape index (κ3) is 8.54. The molecule has 26 heavy (non-hydrogen) atoms. The van der Waals surface area contributed by atoms with Crippen LogP contribution in [0.5, 0.6) is 0 Å². The minimum atomic E-state index is -4.41. The number of benzene rings is 2. The zero-order valence-electron chi connectivity index (χ0n) is 15.0. The van der Waals surface area contributed by atoms with Crippen molar-refractivity contribution in [3.8, 4) is 0 Å². The van der Waals surface area contributed by atoms with E-state index in [4.69, 9.17) is 0 Å². The Balaban J connectivity index is 0.00000338. The summed E-state index contributed by atoms with van der Waals surface area (Å²) in [6, 6.07) is 19.4. The van der Waals surface area contributed by atoms with Gasteiger partial charge in [-0.25, -0.2) is 8.42 Å². The summed E-state index contributed by atoms with van der Waals surface area (Å²) >= 11 is 0. The van der Waals surface area contributed by atoms with Gasteiger partial charge in [0.2, 0.25) is 0 Å². The first-order valence-corrected chi connectivity index (χ1v) is 10.9. The molecule has 0 spiro atoms. The number of aliphatic hydroxyl groups is 1. The van der Waals surface area contributed by atoms with Crippen molar-refractivity contribution in [3.63, 3.8) is 0 Å². The molecule has 0 saturated heterocycles. The third-order valence-electron chi connectivity index (χ3n) is 3.97. The van der Waals surface area contributed by atoms with Crippen LogP contribution in [0.3, 0.4) is 0 Å². The summed E-state index contributed by atoms with van der Waals surface area (Å²) < 4.78 is 32.4. The van der Waals surface area contributed by atoms with Crippen molar-refractivity contribution in [1.29, 1.82) is 0 Å². The topological polar surface area (TPSA) is 80.7 Å². The summed E-state index contributed by atoms with van der Waals surface area (Å²) in [5, 5.41) is 10.3. The quantitative estimate of drug-likeness (QED) is 0.350. The fourth-order valence-electron chi connectivity index (χ4n) is 2.52. The van der Waals surface area contributed by atoms with E-state index in [0.29, 0.717) is 13.1 Å². The van der Waals surface area contributed by atoms with Gasteiger partial charge in [-0.3, -0.25) is 4.90 Å². The predicted molar refractivity (Wildman–Crippen MR) is 99.8 cm³/mol.